The van der Waals surface area contributed by atoms with Crippen LogP contribution in [0.15, 0.2) is 42.5 Å². The molecule has 1 aromatic carbocycles. The molecular formula is C17H25NO4S. The minimum Gasteiger partial charge on any atom is -0.353 e. The lowest BCUT2D eigenvalue weighted by molar-refractivity contribution is -0.178. The maximum atomic E-state index is 12.7. The molecule has 1 fully saturated rings. The highest BCUT2D eigenvalue weighted by molar-refractivity contribution is 7.89. The summed E-state index contributed by atoms with van der Waals surface area (Å²) in [6.45, 7) is 3.91. The summed E-state index contributed by atoms with van der Waals surface area (Å²) in [5.41, 5.74) is 0.978. The van der Waals surface area contributed by atoms with Crippen LogP contribution in [0.1, 0.15) is 25.3 Å². The van der Waals surface area contributed by atoms with E-state index >= 15 is 0 Å². The summed E-state index contributed by atoms with van der Waals surface area (Å²) >= 11 is 0. The lowest BCUT2D eigenvalue weighted by atomic mass is 10.2. The van der Waals surface area contributed by atoms with Crippen molar-refractivity contribution in [2.24, 2.45) is 0 Å². The van der Waals surface area contributed by atoms with E-state index in [0.29, 0.717) is 32.7 Å². The molecule has 0 N–H and O–H groups in total. The van der Waals surface area contributed by atoms with Crippen molar-refractivity contribution < 1.29 is 17.9 Å². The van der Waals surface area contributed by atoms with Crippen LogP contribution in [0.4, 0.5) is 0 Å². The Bertz CT molecular complexity index is 580. The first-order valence-electron chi connectivity index (χ1n) is 7.98. The smallest absolute Gasteiger partial charge is 0.214 e. The average molecular weight is 339 g/mol. The molecule has 1 heterocycles. The number of ether oxygens (including phenoxy) is 2. The number of benzene rings is 1. The summed E-state index contributed by atoms with van der Waals surface area (Å²) in [6, 6.07) is 9.63. The lowest BCUT2D eigenvalue weighted by Gasteiger charge is -2.25. The second kappa shape index (κ2) is 9.17. The highest BCUT2D eigenvalue weighted by Crippen LogP contribution is 2.14. The van der Waals surface area contributed by atoms with E-state index in [0.717, 1.165) is 12.0 Å². The summed E-state index contributed by atoms with van der Waals surface area (Å²) in [4.78, 5) is 0. The molecule has 128 valence electrons. The molecule has 5 nitrogen and oxygen atoms in total. The van der Waals surface area contributed by atoms with E-state index in [4.69, 9.17) is 9.47 Å². The fourth-order valence-electron chi connectivity index (χ4n) is 2.36. The van der Waals surface area contributed by atoms with Gasteiger partial charge >= 0.3 is 0 Å². The largest absolute Gasteiger partial charge is 0.353 e. The van der Waals surface area contributed by atoms with Crippen LogP contribution in [-0.4, -0.2) is 44.5 Å². The van der Waals surface area contributed by atoms with E-state index in [1.807, 2.05) is 49.4 Å². The second-order valence-corrected chi connectivity index (χ2v) is 7.57. The van der Waals surface area contributed by atoms with E-state index in [1.54, 1.807) is 0 Å². The maximum absolute atomic E-state index is 12.7. The summed E-state index contributed by atoms with van der Waals surface area (Å²) in [7, 11) is -3.37. The number of allylic oxidation sites excluding steroid dienone is 1. The van der Waals surface area contributed by atoms with Crippen LogP contribution in [0.3, 0.4) is 0 Å². The van der Waals surface area contributed by atoms with E-state index in [2.05, 4.69) is 0 Å². The van der Waals surface area contributed by atoms with E-state index in [1.165, 1.54) is 4.31 Å². The molecule has 0 saturated carbocycles. The number of sulfonamides is 1. The standard InChI is InChI=1S/C17H25NO4S/c1-2-3-11-18(15-16-8-5-4-6-9-16)23(19,20)14-10-17-21-12-7-13-22-17/h2-6,8-9,17H,7,10-15H2,1H3/b3-2+. The van der Waals surface area contributed by atoms with Gasteiger partial charge in [-0.05, 0) is 18.9 Å². The summed E-state index contributed by atoms with van der Waals surface area (Å²) in [6.07, 6.45) is 4.54. The van der Waals surface area contributed by atoms with Crippen LogP contribution in [0.25, 0.3) is 0 Å². The molecule has 2 rings (SSSR count). The van der Waals surface area contributed by atoms with Gasteiger partial charge in [-0.15, -0.1) is 0 Å². The van der Waals surface area contributed by atoms with E-state index < -0.39 is 16.3 Å². The third-order valence-corrected chi connectivity index (χ3v) is 5.46. The fraction of sp³-hybridized carbons (Fsp3) is 0.529. The van der Waals surface area contributed by atoms with Crippen molar-refractivity contribution in [2.75, 3.05) is 25.5 Å². The molecule has 0 atom stereocenters. The minimum atomic E-state index is -3.37. The quantitative estimate of drug-likeness (QED) is 0.683. The van der Waals surface area contributed by atoms with Crippen LogP contribution in [-0.2, 0) is 26.0 Å². The SMILES string of the molecule is C/C=C/CN(Cc1ccccc1)S(=O)(=O)CCC1OCCCO1. The third-order valence-electron chi connectivity index (χ3n) is 3.65. The van der Waals surface area contributed by atoms with Crippen LogP contribution in [0, 0.1) is 0 Å². The molecule has 0 unspecified atom stereocenters. The predicted octanol–water partition coefficient (Wildman–Crippen LogP) is 2.55. The molecule has 0 bridgehead atoms. The highest BCUT2D eigenvalue weighted by atomic mass is 32.2. The molecule has 0 aliphatic carbocycles. The monoisotopic (exact) mass is 339 g/mol. The van der Waals surface area contributed by atoms with Gasteiger partial charge in [0.1, 0.15) is 0 Å². The van der Waals surface area contributed by atoms with Crippen LogP contribution in [0.2, 0.25) is 0 Å². The zero-order valence-corrected chi connectivity index (χ0v) is 14.4. The zero-order valence-electron chi connectivity index (χ0n) is 13.6. The van der Waals surface area contributed by atoms with Gasteiger partial charge in [-0.2, -0.15) is 4.31 Å². The molecule has 6 heteroatoms. The molecule has 1 aliphatic heterocycles. The van der Waals surface area contributed by atoms with Gasteiger partial charge in [-0.25, -0.2) is 8.42 Å². The van der Waals surface area contributed by atoms with Crippen molar-refractivity contribution in [1.82, 2.24) is 4.31 Å². The third kappa shape index (κ3) is 6.06. The first-order valence-corrected chi connectivity index (χ1v) is 9.59. The van der Waals surface area contributed by atoms with Crippen LogP contribution in [0.5, 0.6) is 0 Å². The molecule has 23 heavy (non-hydrogen) atoms. The van der Waals surface area contributed by atoms with Gasteiger partial charge in [0.05, 0.1) is 19.0 Å². The Morgan fingerprint density at radius 1 is 1.22 bits per heavy atom. The Morgan fingerprint density at radius 2 is 1.91 bits per heavy atom. The molecule has 0 aromatic heterocycles. The van der Waals surface area contributed by atoms with Gasteiger partial charge in [-0.3, -0.25) is 0 Å². The molecular weight excluding hydrogens is 314 g/mol. The zero-order chi connectivity index (χ0) is 16.5. The number of hydrogen-bond acceptors (Lipinski definition) is 4. The predicted molar refractivity (Wildman–Crippen MR) is 90.4 cm³/mol. The van der Waals surface area contributed by atoms with Crippen molar-refractivity contribution in [2.45, 2.75) is 32.6 Å². The number of nitrogens with zero attached hydrogens (tertiary/aromatic N) is 1. The first-order chi connectivity index (χ1) is 11.1. The van der Waals surface area contributed by atoms with Crippen LogP contribution >= 0.6 is 0 Å². The van der Waals surface area contributed by atoms with Gasteiger partial charge in [0.25, 0.3) is 0 Å². The van der Waals surface area contributed by atoms with Gasteiger partial charge in [0.2, 0.25) is 10.0 Å². The Kier molecular flexibility index (Phi) is 7.23. The minimum absolute atomic E-state index is 0.0298. The Hall–Kier alpha value is -1.21. The van der Waals surface area contributed by atoms with Crippen molar-refractivity contribution in [3.8, 4) is 0 Å². The summed E-state index contributed by atoms with van der Waals surface area (Å²) in [5, 5.41) is 0. The Balaban J connectivity index is 2.00. The van der Waals surface area contributed by atoms with Gasteiger partial charge in [0, 0.05) is 19.5 Å². The maximum Gasteiger partial charge on any atom is 0.214 e. The topological polar surface area (TPSA) is 55.8 Å². The lowest BCUT2D eigenvalue weighted by Crippen LogP contribution is -2.35. The molecule has 0 spiro atoms. The summed E-state index contributed by atoms with van der Waals surface area (Å²) in [5.74, 6) is 0.0298. The van der Waals surface area contributed by atoms with Crippen LogP contribution < -0.4 is 0 Å². The van der Waals surface area contributed by atoms with Gasteiger partial charge in [0.15, 0.2) is 6.29 Å². The normalized spacial score (nSPS) is 17.1. The first kappa shape index (κ1) is 18.1. The molecule has 1 aromatic rings. The average Bonchev–Trinajstić information content (AvgIpc) is 2.58. The molecule has 1 aliphatic rings. The summed E-state index contributed by atoms with van der Waals surface area (Å²) < 4.78 is 37.7. The van der Waals surface area contributed by atoms with E-state index in [-0.39, 0.29) is 5.75 Å². The van der Waals surface area contributed by atoms with Gasteiger partial charge < -0.3 is 9.47 Å². The molecule has 0 radical (unpaired) electrons. The van der Waals surface area contributed by atoms with Gasteiger partial charge in [-0.1, -0.05) is 42.5 Å². The number of hydrogen-bond donors (Lipinski definition) is 0. The van der Waals surface area contributed by atoms with Crippen molar-refractivity contribution in [1.29, 1.82) is 0 Å². The van der Waals surface area contributed by atoms with Crippen molar-refractivity contribution >= 4 is 10.0 Å². The fourth-order valence-corrected chi connectivity index (χ4v) is 3.77. The van der Waals surface area contributed by atoms with E-state index in [9.17, 15) is 8.42 Å². The number of rotatable bonds is 8. The highest BCUT2D eigenvalue weighted by Gasteiger charge is 2.24. The Labute approximate surface area is 138 Å². The van der Waals surface area contributed by atoms with Crippen molar-refractivity contribution in [3.05, 3.63) is 48.0 Å². The molecule has 1 saturated heterocycles. The molecule has 0 amide bonds. The Morgan fingerprint density at radius 3 is 2.57 bits per heavy atom. The second-order valence-electron chi connectivity index (χ2n) is 5.48. The van der Waals surface area contributed by atoms with Crippen molar-refractivity contribution in [3.63, 3.8) is 0 Å².